The molecule has 24 heavy (non-hydrogen) atoms. The Bertz CT molecular complexity index is 691. The molecule has 2 N–H and O–H groups in total. The van der Waals surface area contributed by atoms with Crippen molar-refractivity contribution in [1.82, 2.24) is 5.16 Å². The first-order chi connectivity index (χ1) is 11.5. The minimum Gasteiger partial charge on any atom is -0.494 e. The van der Waals surface area contributed by atoms with E-state index in [1.54, 1.807) is 30.3 Å². The van der Waals surface area contributed by atoms with Crippen LogP contribution in [-0.2, 0) is 4.79 Å². The van der Waals surface area contributed by atoms with Gasteiger partial charge in [0.2, 0.25) is 0 Å². The number of nitrogens with zero attached hydrogens (tertiary/aromatic N) is 1. The average molecular weight is 332 g/mol. The maximum absolute atomic E-state index is 12.1. The highest BCUT2D eigenvalue weighted by Gasteiger charge is 2.14. The Morgan fingerprint density at radius 1 is 1.29 bits per heavy atom. The molecule has 2 rings (SSSR count). The van der Waals surface area contributed by atoms with E-state index < -0.39 is 5.97 Å². The number of rotatable bonds is 8. The van der Waals surface area contributed by atoms with E-state index in [1.165, 1.54) is 0 Å². The summed E-state index contributed by atoms with van der Waals surface area (Å²) in [5, 5.41) is 15.0. The van der Waals surface area contributed by atoms with Crippen LogP contribution >= 0.6 is 0 Å². The summed E-state index contributed by atoms with van der Waals surface area (Å²) in [6.45, 7) is 4.24. The fraction of sp³-hybridized carbons (Fsp3) is 0.353. The van der Waals surface area contributed by atoms with Crippen molar-refractivity contribution < 1.29 is 24.0 Å². The van der Waals surface area contributed by atoms with Crippen LogP contribution in [0.3, 0.4) is 0 Å². The van der Waals surface area contributed by atoms with Gasteiger partial charge in [0.05, 0.1) is 6.61 Å². The molecule has 0 spiro atoms. The number of carbonyl (C=O) groups excluding carboxylic acids is 1. The Labute approximate surface area is 139 Å². The van der Waals surface area contributed by atoms with Crippen molar-refractivity contribution in [3.05, 3.63) is 41.8 Å². The lowest BCUT2D eigenvalue weighted by atomic mass is 10.1. The monoisotopic (exact) mass is 332 g/mol. The van der Waals surface area contributed by atoms with Gasteiger partial charge in [0.15, 0.2) is 5.69 Å². The van der Waals surface area contributed by atoms with Gasteiger partial charge in [-0.05, 0) is 30.7 Å². The van der Waals surface area contributed by atoms with Crippen molar-refractivity contribution in [2.75, 3.05) is 11.9 Å². The van der Waals surface area contributed by atoms with Crippen LogP contribution in [-0.4, -0.2) is 28.7 Å². The Kier molecular flexibility index (Phi) is 5.95. The molecule has 7 nitrogen and oxygen atoms in total. The molecule has 0 radical (unpaired) electrons. The van der Waals surface area contributed by atoms with Gasteiger partial charge in [-0.1, -0.05) is 19.0 Å². The molecule has 0 aliphatic rings. The Morgan fingerprint density at radius 3 is 2.58 bits per heavy atom. The third-order valence-electron chi connectivity index (χ3n) is 3.25. The van der Waals surface area contributed by atoms with Gasteiger partial charge in [0.1, 0.15) is 11.5 Å². The zero-order valence-corrected chi connectivity index (χ0v) is 13.6. The molecule has 1 amide bonds. The summed E-state index contributed by atoms with van der Waals surface area (Å²) in [4.78, 5) is 22.5. The van der Waals surface area contributed by atoms with Crippen molar-refractivity contribution in [1.29, 1.82) is 0 Å². The van der Waals surface area contributed by atoms with E-state index in [9.17, 15) is 9.59 Å². The van der Waals surface area contributed by atoms with Crippen LogP contribution in [0.4, 0.5) is 5.69 Å². The molecule has 0 unspecified atom stereocenters. The predicted octanol–water partition coefficient (Wildman–Crippen LogP) is 3.29. The van der Waals surface area contributed by atoms with Gasteiger partial charge < -0.3 is 19.7 Å². The van der Waals surface area contributed by atoms with Crippen LogP contribution in [0.25, 0.3) is 0 Å². The molecule has 0 aliphatic carbocycles. The fourth-order valence-electron chi connectivity index (χ4n) is 1.91. The van der Waals surface area contributed by atoms with E-state index in [2.05, 4.69) is 10.5 Å². The number of carboxylic acid groups (broad SMARTS) is 1. The molecular weight excluding hydrogens is 312 g/mol. The number of hydrogen-bond donors (Lipinski definition) is 2. The van der Waals surface area contributed by atoms with E-state index in [4.69, 9.17) is 14.4 Å². The number of ether oxygens (including phenoxy) is 1. The average Bonchev–Trinajstić information content (AvgIpc) is 3.03. The minimum absolute atomic E-state index is 0.0736. The quantitative estimate of drug-likeness (QED) is 0.719. The number of aliphatic carboxylic acids is 1. The summed E-state index contributed by atoms with van der Waals surface area (Å²) in [5.74, 6) is 0.245. The molecule has 0 atom stereocenters. The van der Waals surface area contributed by atoms with Crippen molar-refractivity contribution in [3.63, 3.8) is 0 Å². The molecule has 1 aromatic carbocycles. The van der Waals surface area contributed by atoms with E-state index in [0.29, 0.717) is 30.2 Å². The number of benzene rings is 1. The normalized spacial score (nSPS) is 10.6. The van der Waals surface area contributed by atoms with E-state index in [0.717, 1.165) is 0 Å². The number of anilines is 1. The smallest absolute Gasteiger partial charge is 0.303 e. The highest BCUT2D eigenvalue weighted by molar-refractivity contribution is 6.02. The van der Waals surface area contributed by atoms with E-state index in [-0.39, 0.29) is 23.9 Å². The molecule has 1 aromatic heterocycles. The number of hydrogen-bond acceptors (Lipinski definition) is 5. The van der Waals surface area contributed by atoms with Crippen LogP contribution in [0.15, 0.2) is 34.9 Å². The summed E-state index contributed by atoms with van der Waals surface area (Å²) in [6, 6.07) is 8.44. The Balaban J connectivity index is 1.86. The van der Waals surface area contributed by atoms with Crippen LogP contribution in [0.1, 0.15) is 48.9 Å². The van der Waals surface area contributed by atoms with Gasteiger partial charge in [-0.3, -0.25) is 9.59 Å². The van der Waals surface area contributed by atoms with Crippen molar-refractivity contribution in [2.45, 2.75) is 32.6 Å². The van der Waals surface area contributed by atoms with Gasteiger partial charge >= 0.3 is 5.97 Å². The van der Waals surface area contributed by atoms with Gasteiger partial charge in [0.25, 0.3) is 5.91 Å². The van der Waals surface area contributed by atoms with Gasteiger partial charge in [-0.25, -0.2) is 0 Å². The van der Waals surface area contributed by atoms with Crippen molar-refractivity contribution in [3.8, 4) is 5.75 Å². The molecule has 0 aliphatic heterocycles. The van der Waals surface area contributed by atoms with Gasteiger partial charge in [-0.2, -0.15) is 0 Å². The first-order valence-corrected chi connectivity index (χ1v) is 7.68. The number of aromatic nitrogens is 1. The van der Waals surface area contributed by atoms with E-state index in [1.807, 2.05) is 13.8 Å². The summed E-state index contributed by atoms with van der Waals surface area (Å²) in [6.07, 6.45) is 0.516. The van der Waals surface area contributed by atoms with Crippen molar-refractivity contribution in [2.24, 2.45) is 0 Å². The molecule has 7 heteroatoms. The molecule has 0 saturated carbocycles. The second-order valence-corrected chi connectivity index (χ2v) is 5.59. The summed E-state index contributed by atoms with van der Waals surface area (Å²) < 4.78 is 10.5. The standard InChI is InChI=1S/C17H20N2O5/c1-11(2)15-10-14(19-24-15)17(22)18-12-5-7-13(8-6-12)23-9-3-4-16(20)21/h5-8,10-11H,3-4,9H2,1-2H3,(H,18,22)(H,20,21). The first kappa shape index (κ1) is 17.5. The molecule has 0 fully saturated rings. The lowest BCUT2D eigenvalue weighted by Crippen LogP contribution is -2.12. The van der Waals surface area contributed by atoms with Gasteiger partial charge in [-0.15, -0.1) is 0 Å². The van der Waals surface area contributed by atoms with Crippen molar-refractivity contribution >= 4 is 17.6 Å². The minimum atomic E-state index is -0.842. The zero-order valence-electron chi connectivity index (χ0n) is 13.6. The second-order valence-electron chi connectivity index (χ2n) is 5.59. The van der Waals surface area contributed by atoms with E-state index >= 15 is 0 Å². The zero-order chi connectivity index (χ0) is 17.5. The lowest BCUT2D eigenvalue weighted by Gasteiger charge is -2.07. The molecule has 1 heterocycles. The fourth-order valence-corrected chi connectivity index (χ4v) is 1.91. The number of amides is 1. The number of carbonyl (C=O) groups is 2. The SMILES string of the molecule is CC(C)c1cc(C(=O)Nc2ccc(OCCCC(=O)O)cc2)no1. The maximum Gasteiger partial charge on any atom is 0.303 e. The summed E-state index contributed by atoms with van der Waals surface area (Å²) >= 11 is 0. The Hall–Kier alpha value is -2.83. The van der Waals surface area contributed by atoms with Crippen LogP contribution in [0, 0.1) is 0 Å². The van der Waals surface area contributed by atoms with Crippen LogP contribution in [0.2, 0.25) is 0 Å². The summed E-state index contributed by atoms with van der Waals surface area (Å²) in [5.41, 5.74) is 0.833. The lowest BCUT2D eigenvalue weighted by molar-refractivity contribution is -0.137. The molecule has 2 aromatic rings. The maximum atomic E-state index is 12.1. The van der Waals surface area contributed by atoms with Crippen LogP contribution < -0.4 is 10.1 Å². The summed E-state index contributed by atoms with van der Waals surface area (Å²) in [7, 11) is 0. The molecule has 0 bridgehead atoms. The Morgan fingerprint density at radius 2 is 2.00 bits per heavy atom. The molecular formula is C17H20N2O5. The highest BCUT2D eigenvalue weighted by atomic mass is 16.5. The topological polar surface area (TPSA) is 102 Å². The second kappa shape index (κ2) is 8.14. The third kappa shape index (κ3) is 5.12. The number of nitrogens with one attached hydrogen (secondary N) is 1. The first-order valence-electron chi connectivity index (χ1n) is 7.68. The largest absolute Gasteiger partial charge is 0.494 e. The predicted molar refractivity (Wildman–Crippen MR) is 87.4 cm³/mol. The molecule has 0 saturated heterocycles. The third-order valence-corrected chi connectivity index (χ3v) is 3.25. The molecule has 128 valence electrons. The van der Waals surface area contributed by atoms with Crippen LogP contribution in [0.5, 0.6) is 5.75 Å². The highest BCUT2D eigenvalue weighted by Crippen LogP contribution is 2.18. The number of carboxylic acids is 1. The van der Waals surface area contributed by atoms with Gasteiger partial charge in [0, 0.05) is 24.1 Å².